The molecule has 0 aromatic heterocycles. The molecule has 20 heavy (non-hydrogen) atoms. The second kappa shape index (κ2) is 7.08. The van der Waals surface area contributed by atoms with Crippen LogP contribution in [0.15, 0.2) is 42.5 Å². The fraction of sp³-hybridized carbons (Fsp3) is 0.294. The van der Waals surface area contributed by atoms with Crippen molar-refractivity contribution >= 4 is 0 Å². The number of ether oxygens (including phenoxy) is 2. The van der Waals surface area contributed by atoms with Gasteiger partial charge in [-0.3, -0.25) is 0 Å². The van der Waals surface area contributed by atoms with Gasteiger partial charge in [0.15, 0.2) is 0 Å². The Kier molecular flexibility index (Phi) is 5.16. The van der Waals surface area contributed by atoms with Crippen LogP contribution in [0.4, 0.5) is 0 Å². The van der Waals surface area contributed by atoms with E-state index < -0.39 is 0 Å². The highest BCUT2D eigenvalue weighted by Gasteiger charge is 2.00. The monoisotopic (exact) mass is 272 g/mol. The minimum Gasteiger partial charge on any atom is -0.497 e. The van der Waals surface area contributed by atoms with Crippen LogP contribution in [0.5, 0.6) is 5.75 Å². The van der Waals surface area contributed by atoms with Crippen molar-refractivity contribution in [3.8, 4) is 5.75 Å². The van der Waals surface area contributed by atoms with Crippen LogP contribution < -0.4 is 4.74 Å². The third-order valence-electron chi connectivity index (χ3n) is 3.08. The van der Waals surface area contributed by atoms with Gasteiger partial charge in [-0.15, -0.1) is 0 Å². The van der Waals surface area contributed by atoms with E-state index in [4.69, 9.17) is 9.47 Å². The van der Waals surface area contributed by atoms with E-state index in [1.807, 2.05) is 43.3 Å². The van der Waals surface area contributed by atoms with Crippen LogP contribution in [0.2, 0.25) is 0 Å². The van der Waals surface area contributed by atoms with Crippen molar-refractivity contribution in [2.45, 2.75) is 26.7 Å². The van der Waals surface area contributed by atoms with Gasteiger partial charge in [0.1, 0.15) is 5.75 Å². The Hall–Kier alpha value is -1.84. The van der Waals surface area contributed by atoms with Gasteiger partial charge in [-0.25, -0.2) is 0 Å². The molecule has 3 nitrogen and oxygen atoms in total. The van der Waals surface area contributed by atoms with Crippen molar-refractivity contribution in [1.29, 1.82) is 0 Å². The molecule has 0 saturated carbocycles. The molecule has 0 bridgehead atoms. The lowest BCUT2D eigenvalue weighted by molar-refractivity contribution is 0.107. The summed E-state index contributed by atoms with van der Waals surface area (Å²) in [5.74, 6) is 0.847. The molecular formula is C17H20O3. The molecule has 0 spiro atoms. The third-order valence-corrected chi connectivity index (χ3v) is 3.08. The first kappa shape index (κ1) is 14.6. The lowest BCUT2D eigenvalue weighted by Gasteiger charge is -2.08. The predicted molar refractivity (Wildman–Crippen MR) is 78.6 cm³/mol. The van der Waals surface area contributed by atoms with E-state index in [0.717, 1.165) is 28.0 Å². The zero-order valence-corrected chi connectivity index (χ0v) is 11.9. The maximum atomic E-state index is 9.19. The van der Waals surface area contributed by atoms with Crippen LogP contribution in [-0.2, 0) is 24.6 Å². The zero-order valence-electron chi connectivity index (χ0n) is 11.9. The predicted octanol–water partition coefficient (Wildman–Crippen LogP) is 3.21. The Balaban J connectivity index is 1.90. The van der Waals surface area contributed by atoms with Gasteiger partial charge < -0.3 is 14.6 Å². The molecule has 1 N–H and O–H groups in total. The van der Waals surface area contributed by atoms with E-state index in [1.54, 1.807) is 7.11 Å². The third kappa shape index (κ3) is 4.08. The number of aliphatic hydroxyl groups excluding tert-OH is 1. The molecular weight excluding hydrogens is 252 g/mol. The van der Waals surface area contributed by atoms with E-state index in [-0.39, 0.29) is 6.61 Å². The van der Waals surface area contributed by atoms with Crippen LogP contribution in [-0.4, -0.2) is 12.2 Å². The lowest BCUT2D eigenvalue weighted by Crippen LogP contribution is -1.96. The molecule has 0 fully saturated rings. The van der Waals surface area contributed by atoms with Gasteiger partial charge in [0.05, 0.1) is 26.9 Å². The molecule has 0 aliphatic heterocycles. The fourth-order valence-corrected chi connectivity index (χ4v) is 2.13. The minimum absolute atomic E-state index is 0.0627. The molecule has 2 rings (SSSR count). The first-order valence-electron chi connectivity index (χ1n) is 6.62. The standard InChI is InChI=1S/C17H20O3/c1-13-7-15(10-18)9-16(8-13)12-20-11-14-3-5-17(19-2)6-4-14/h3-9,18H,10-12H2,1-2H3. The van der Waals surface area contributed by atoms with E-state index in [2.05, 4.69) is 6.07 Å². The van der Waals surface area contributed by atoms with Crippen LogP contribution in [0, 0.1) is 6.92 Å². The SMILES string of the molecule is COc1ccc(COCc2cc(C)cc(CO)c2)cc1. The highest BCUT2D eigenvalue weighted by atomic mass is 16.5. The number of methoxy groups -OCH3 is 1. The molecule has 0 aliphatic rings. The lowest BCUT2D eigenvalue weighted by atomic mass is 10.1. The highest BCUT2D eigenvalue weighted by molar-refractivity contribution is 5.29. The molecule has 106 valence electrons. The highest BCUT2D eigenvalue weighted by Crippen LogP contribution is 2.14. The molecule has 0 saturated heterocycles. The number of benzene rings is 2. The van der Waals surface area contributed by atoms with E-state index in [9.17, 15) is 5.11 Å². The quantitative estimate of drug-likeness (QED) is 0.877. The molecule has 0 aliphatic carbocycles. The van der Waals surface area contributed by atoms with Crippen molar-refractivity contribution in [2.24, 2.45) is 0 Å². The summed E-state index contributed by atoms with van der Waals surface area (Å²) in [5.41, 5.74) is 4.26. The zero-order chi connectivity index (χ0) is 14.4. The molecule has 0 unspecified atom stereocenters. The fourth-order valence-electron chi connectivity index (χ4n) is 2.13. The minimum atomic E-state index is 0.0627. The normalized spacial score (nSPS) is 10.6. The summed E-state index contributed by atoms with van der Waals surface area (Å²) in [5, 5.41) is 9.19. The van der Waals surface area contributed by atoms with Gasteiger partial charge in [0.2, 0.25) is 0 Å². The number of rotatable bonds is 6. The Labute approximate surface area is 119 Å². The maximum Gasteiger partial charge on any atom is 0.118 e. The maximum absolute atomic E-state index is 9.19. The number of hydrogen-bond acceptors (Lipinski definition) is 3. The Morgan fingerprint density at radius 2 is 1.55 bits per heavy atom. The molecule has 0 heterocycles. The van der Waals surface area contributed by atoms with Crippen LogP contribution in [0.25, 0.3) is 0 Å². The van der Waals surface area contributed by atoms with Crippen LogP contribution in [0.1, 0.15) is 22.3 Å². The Bertz CT molecular complexity index is 547. The number of hydrogen-bond donors (Lipinski definition) is 1. The van der Waals surface area contributed by atoms with Gasteiger partial charge in [-0.1, -0.05) is 35.9 Å². The van der Waals surface area contributed by atoms with E-state index in [1.165, 1.54) is 0 Å². The average Bonchev–Trinajstić information content (AvgIpc) is 2.47. The molecule has 0 radical (unpaired) electrons. The number of aliphatic hydroxyl groups is 1. The molecule has 2 aromatic carbocycles. The average molecular weight is 272 g/mol. The summed E-state index contributed by atoms with van der Waals surface area (Å²) >= 11 is 0. The van der Waals surface area contributed by atoms with Crippen molar-refractivity contribution in [2.75, 3.05) is 7.11 Å². The second-order valence-electron chi connectivity index (χ2n) is 4.83. The van der Waals surface area contributed by atoms with Crippen LogP contribution in [0.3, 0.4) is 0 Å². The Morgan fingerprint density at radius 3 is 2.20 bits per heavy atom. The number of aryl methyl sites for hydroxylation is 1. The first-order valence-corrected chi connectivity index (χ1v) is 6.62. The molecule has 0 atom stereocenters. The van der Waals surface area contributed by atoms with Crippen molar-refractivity contribution in [3.63, 3.8) is 0 Å². The summed E-state index contributed by atoms with van der Waals surface area (Å²) in [6.07, 6.45) is 0. The van der Waals surface area contributed by atoms with Crippen molar-refractivity contribution < 1.29 is 14.6 Å². The van der Waals surface area contributed by atoms with Gasteiger partial charge in [0, 0.05) is 0 Å². The van der Waals surface area contributed by atoms with E-state index >= 15 is 0 Å². The summed E-state index contributed by atoms with van der Waals surface area (Å²) in [4.78, 5) is 0. The summed E-state index contributed by atoms with van der Waals surface area (Å²) in [7, 11) is 1.65. The van der Waals surface area contributed by atoms with Crippen LogP contribution >= 0.6 is 0 Å². The first-order chi connectivity index (χ1) is 9.71. The second-order valence-corrected chi connectivity index (χ2v) is 4.83. The summed E-state index contributed by atoms with van der Waals surface area (Å²) in [6, 6.07) is 13.9. The van der Waals surface area contributed by atoms with Crippen molar-refractivity contribution in [1.82, 2.24) is 0 Å². The molecule has 0 amide bonds. The molecule has 2 aromatic rings. The smallest absolute Gasteiger partial charge is 0.118 e. The van der Waals surface area contributed by atoms with Gasteiger partial charge in [0.25, 0.3) is 0 Å². The largest absolute Gasteiger partial charge is 0.497 e. The van der Waals surface area contributed by atoms with Gasteiger partial charge in [-0.2, -0.15) is 0 Å². The Morgan fingerprint density at radius 1 is 0.900 bits per heavy atom. The van der Waals surface area contributed by atoms with E-state index in [0.29, 0.717) is 13.2 Å². The topological polar surface area (TPSA) is 38.7 Å². The van der Waals surface area contributed by atoms with Crippen molar-refractivity contribution in [3.05, 3.63) is 64.7 Å². The van der Waals surface area contributed by atoms with Gasteiger partial charge in [-0.05, 0) is 35.7 Å². The summed E-state index contributed by atoms with van der Waals surface area (Å²) in [6.45, 7) is 3.19. The van der Waals surface area contributed by atoms with Gasteiger partial charge >= 0.3 is 0 Å². The summed E-state index contributed by atoms with van der Waals surface area (Å²) < 4.78 is 10.8. The molecule has 3 heteroatoms.